The van der Waals surface area contributed by atoms with Crippen molar-refractivity contribution >= 4 is 11.5 Å². The highest BCUT2D eigenvalue weighted by atomic mass is 16.5. The Labute approximate surface area is 119 Å². The van der Waals surface area contributed by atoms with Crippen LogP contribution in [-0.4, -0.2) is 56.1 Å². The summed E-state index contributed by atoms with van der Waals surface area (Å²) in [5, 5.41) is 0. The third-order valence-electron chi connectivity index (χ3n) is 3.39. The van der Waals surface area contributed by atoms with Crippen molar-refractivity contribution in [3.05, 3.63) is 6.33 Å². The first-order chi connectivity index (χ1) is 9.71. The van der Waals surface area contributed by atoms with Gasteiger partial charge in [0.05, 0.1) is 6.61 Å². The molecule has 1 aliphatic heterocycles. The Bertz CT molecular complexity index is 432. The molecule has 0 saturated carbocycles. The number of hydrogen-bond donors (Lipinski definition) is 1. The number of methoxy groups -OCH3 is 2. The molecular formula is C13H22N4O3. The maximum Gasteiger partial charge on any atom is 0.242 e. The molecule has 112 valence electrons. The van der Waals surface area contributed by atoms with E-state index in [9.17, 15) is 0 Å². The van der Waals surface area contributed by atoms with E-state index in [1.807, 2.05) is 11.8 Å². The first-order valence-corrected chi connectivity index (χ1v) is 6.75. The smallest absolute Gasteiger partial charge is 0.242 e. The van der Waals surface area contributed by atoms with Crippen LogP contribution in [0.4, 0.5) is 11.5 Å². The van der Waals surface area contributed by atoms with Gasteiger partial charge in [-0.2, -0.15) is 4.98 Å². The largest absolute Gasteiger partial charge is 0.476 e. The summed E-state index contributed by atoms with van der Waals surface area (Å²) in [6.45, 7) is 3.99. The number of hydrogen-bond acceptors (Lipinski definition) is 7. The van der Waals surface area contributed by atoms with Gasteiger partial charge in [-0.15, -0.1) is 0 Å². The molecule has 0 amide bonds. The Morgan fingerprint density at radius 2 is 1.90 bits per heavy atom. The highest BCUT2D eigenvalue weighted by Crippen LogP contribution is 2.31. The van der Waals surface area contributed by atoms with Crippen LogP contribution in [0.2, 0.25) is 0 Å². The van der Waals surface area contributed by atoms with Crippen LogP contribution in [0, 0.1) is 0 Å². The van der Waals surface area contributed by atoms with Gasteiger partial charge < -0.3 is 24.8 Å². The lowest BCUT2D eigenvalue weighted by Crippen LogP contribution is -2.27. The highest BCUT2D eigenvalue weighted by Gasteiger charge is 2.34. The molecule has 1 aliphatic rings. The predicted octanol–water partition coefficient (Wildman–Crippen LogP) is 0.698. The maximum atomic E-state index is 6.10. The molecule has 7 nitrogen and oxygen atoms in total. The fourth-order valence-corrected chi connectivity index (χ4v) is 2.31. The third-order valence-corrected chi connectivity index (χ3v) is 3.39. The van der Waals surface area contributed by atoms with Crippen LogP contribution in [0.3, 0.4) is 0 Å². The van der Waals surface area contributed by atoms with E-state index in [0.717, 1.165) is 6.42 Å². The molecular weight excluding hydrogens is 260 g/mol. The van der Waals surface area contributed by atoms with Gasteiger partial charge in [0.15, 0.2) is 5.82 Å². The van der Waals surface area contributed by atoms with Gasteiger partial charge in [0.2, 0.25) is 5.88 Å². The Hall–Kier alpha value is -1.60. The molecule has 0 aromatic carbocycles. The van der Waals surface area contributed by atoms with Crippen LogP contribution in [0.25, 0.3) is 0 Å². The minimum absolute atomic E-state index is 0.00868. The van der Waals surface area contributed by atoms with Gasteiger partial charge in [0.25, 0.3) is 0 Å². The monoisotopic (exact) mass is 282 g/mol. The van der Waals surface area contributed by atoms with Gasteiger partial charge in [-0.3, -0.25) is 0 Å². The van der Waals surface area contributed by atoms with Crippen LogP contribution in [0.15, 0.2) is 6.33 Å². The molecule has 2 rings (SSSR count). The number of aromatic nitrogens is 2. The number of ether oxygens (including phenoxy) is 3. The summed E-state index contributed by atoms with van der Waals surface area (Å²) < 4.78 is 16.4. The number of anilines is 2. The first-order valence-electron chi connectivity index (χ1n) is 6.75. The summed E-state index contributed by atoms with van der Waals surface area (Å²) >= 11 is 0. The number of nitrogen functional groups attached to an aromatic ring is 1. The molecule has 0 radical (unpaired) electrons. The third kappa shape index (κ3) is 2.94. The van der Waals surface area contributed by atoms with Crippen LogP contribution in [0.1, 0.15) is 13.3 Å². The summed E-state index contributed by atoms with van der Waals surface area (Å²) in [5.41, 5.74) is 6.57. The number of rotatable bonds is 6. The molecule has 0 bridgehead atoms. The zero-order valence-corrected chi connectivity index (χ0v) is 12.2. The topological polar surface area (TPSA) is 82.7 Å². The Balaban J connectivity index is 2.17. The highest BCUT2D eigenvalue weighted by molar-refractivity contribution is 5.68. The minimum Gasteiger partial charge on any atom is -0.476 e. The molecule has 7 heteroatoms. The van der Waals surface area contributed by atoms with E-state index < -0.39 is 0 Å². The van der Waals surface area contributed by atoms with Gasteiger partial charge >= 0.3 is 0 Å². The summed E-state index contributed by atoms with van der Waals surface area (Å²) in [6, 6.07) is 0. The van der Waals surface area contributed by atoms with E-state index in [0.29, 0.717) is 37.1 Å². The van der Waals surface area contributed by atoms with E-state index in [2.05, 4.69) is 9.97 Å². The van der Waals surface area contributed by atoms with Crippen molar-refractivity contribution in [1.82, 2.24) is 9.97 Å². The lowest BCUT2D eigenvalue weighted by molar-refractivity contribution is -0.00461. The molecule has 2 heterocycles. The molecule has 0 aliphatic carbocycles. The van der Waals surface area contributed by atoms with Crippen molar-refractivity contribution in [1.29, 1.82) is 0 Å². The first kappa shape index (κ1) is 14.8. The lowest BCUT2D eigenvalue weighted by atomic mass is 10.3. The second kappa shape index (κ2) is 6.71. The Morgan fingerprint density at radius 1 is 1.25 bits per heavy atom. The van der Waals surface area contributed by atoms with Crippen molar-refractivity contribution in [2.24, 2.45) is 0 Å². The molecule has 2 N–H and O–H groups in total. The van der Waals surface area contributed by atoms with Crippen molar-refractivity contribution in [3.63, 3.8) is 0 Å². The summed E-state index contributed by atoms with van der Waals surface area (Å²) in [7, 11) is 3.36. The quantitative estimate of drug-likeness (QED) is 0.822. The Kier molecular flexibility index (Phi) is 4.97. The molecule has 1 aromatic rings. The second-order valence-corrected chi connectivity index (χ2v) is 4.72. The number of nitrogens with zero attached hydrogens (tertiary/aromatic N) is 3. The average Bonchev–Trinajstić information content (AvgIpc) is 2.89. The van der Waals surface area contributed by atoms with Crippen LogP contribution in [-0.2, 0) is 9.47 Å². The van der Waals surface area contributed by atoms with Crippen molar-refractivity contribution in [2.45, 2.75) is 25.6 Å². The number of nitrogens with two attached hydrogens (primary N) is 1. The second-order valence-electron chi connectivity index (χ2n) is 4.72. The van der Waals surface area contributed by atoms with Crippen LogP contribution in [0.5, 0.6) is 5.88 Å². The maximum absolute atomic E-state index is 6.10. The molecule has 1 aromatic heterocycles. The van der Waals surface area contributed by atoms with Gasteiger partial charge in [0, 0.05) is 27.3 Å². The van der Waals surface area contributed by atoms with Crippen molar-refractivity contribution in [2.75, 3.05) is 44.5 Å². The van der Waals surface area contributed by atoms with E-state index in [1.54, 1.807) is 14.2 Å². The summed E-state index contributed by atoms with van der Waals surface area (Å²) in [4.78, 5) is 10.4. The molecule has 0 spiro atoms. The van der Waals surface area contributed by atoms with E-state index >= 15 is 0 Å². The molecule has 1 saturated heterocycles. The molecule has 20 heavy (non-hydrogen) atoms. The summed E-state index contributed by atoms with van der Waals surface area (Å²) in [6.07, 6.45) is 2.39. The van der Waals surface area contributed by atoms with Gasteiger partial charge in [-0.1, -0.05) is 6.92 Å². The van der Waals surface area contributed by atoms with Crippen molar-refractivity contribution in [3.8, 4) is 5.88 Å². The zero-order chi connectivity index (χ0) is 14.5. The SMILES string of the molecule is CCCOc1ncnc(N2CC(OC)C(OC)C2)c1N. The van der Waals surface area contributed by atoms with Crippen LogP contribution >= 0.6 is 0 Å². The average molecular weight is 282 g/mol. The normalized spacial score (nSPS) is 22.2. The van der Waals surface area contributed by atoms with E-state index in [4.69, 9.17) is 19.9 Å². The van der Waals surface area contributed by atoms with Gasteiger partial charge in [-0.25, -0.2) is 4.98 Å². The fraction of sp³-hybridized carbons (Fsp3) is 0.692. The van der Waals surface area contributed by atoms with Gasteiger partial charge in [0.1, 0.15) is 24.2 Å². The molecule has 2 atom stereocenters. The molecule has 2 unspecified atom stereocenters. The fourth-order valence-electron chi connectivity index (χ4n) is 2.31. The van der Waals surface area contributed by atoms with Crippen molar-refractivity contribution < 1.29 is 14.2 Å². The predicted molar refractivity (Wildman–Crippen MR) is 76.0 cm³/mol. The van der Waals surface area contributed by atoms with E-state index in [1.165, 1.54) is 6.33 Å². The summed E-state index contributed by atoms with van der Waals surface area (Å²) in [5.74, 6) is 1.11. The van der Waals surface area contributed by atoms with Gasteiger partial charge in [-0.05, 0) is 6.42 Å². The zero-order valence-electron chi connectivity index (χ0n) is 12.2. The van der Waals surface area contributed by atoms with Crippen LogP contribution < -0.4 is 15.4 Å². The minimum atomic E-state index is 0.00868. The Morgan fingerprint density at radius 3 is 2.45 bits per heavy atom. The lowest BCUT2D eigenvalue weighted by Gasteiger charge is -2.19. The van der Waals surface area contributed by atoms with E-state index in [-0.39, 0.29) is 12.2 Å². The standard InChI is InChI=1S/C13H22N4O3/c1-4-5-20-13-11(14)12(15-8-16-13)17-6-9(18-2)10(7-17)19-3/h8-10H,4-7,14H2,1-3H3. The molecule has 1 fully saturated rings.